The number of nitrogens with zero attached hydrogens (tertiary/aromatic N) is 5. The number of aromatic nitrogens is 6. The van der Waals surface area contributed by atoms with Crippen molar-refractivity contribution in [2.24, 2.45) is 5.92 Å². The Bertz CT molecular complexity index is 1630. The number of fused-ring (bicyclic) bond motifs is 2. The maximum absolute atomic E-state index is 16.1. The summed E-state index contributed by atoms with van der Waals surface area (Å²) in [7, 11) is 0. The van der Waals surface area contributed by atoms with Crippen molar-refractivity contribution >= 4 is 39.3 Å². The molecule has 0 bridgehead atoms. The van der Waals surface area contributed by atoms with Gasteiger partial charge in [-0.1, -0.05) is 13.8 Å². The first kappa shape index (κ1) is 24.0. The lowest BCUT2D eigenvalue weighted by molar-refractivity contribution is -0.116. The number of imidazole rings is 1. The molecule has 194 valence electrons. The first-order valence-electron chi connectivity index (χ1n) is 13.0. The minimum Gasteiger partial charge on any atom is -0.355 e. The second-order valence-corrected chi connectivity index (χ2v) is 10.2. The van der Waals surface area contributed by atoms with Gasteiger partial charge in [-0.25, -0.2) is 14.4 Å². The van der Waals surface area contributed by atoms with Crippen LogP contribution in [0.1, 0.15) is 39.5 Å². The highest BCUT2D eigenvalue weighted by Crippen LogP contribution is 2.35. The van der Waals surface area contributed by atoms with Crippen molar-refractivity contribution in [3.63, 3.8) is 0 Å². The van der Waals surface area contributed by atoms with Crippen molar-refractivity contribution < 1.29 is 9.18 Å². The van der Waals surface area contributed by atoms with Crippen LogP contribution in [0.25, 0.3) is 44.6 Å². The number of rotatable bonds is 6. The zero-order valence-electron chi connectivity index (χ0n) is 21.4. The molecule has 4 aromatic heterocycles. The monoisotopic (exact) mass is 512 g/mol. The Morgan fingerprint density at radius 3 is 2.79 bits per heavy atom. The number of amides is 1. The van der Waals surface area contributed by atoms with Gasteiger partial charge in [0, 0.05) is 43.0 Å². The van der Waals surface area contributed by atoms with Gasteiger partial charge in [0.25, 0.3) is 0 Å². The van der Waals surface area contributed by atoms with Crippen LogP contribution in [0.15, 0.2) is 42.9 Å². The number of hydrogen-bond donors (Lipinski definition) is 3. The standard InChI is InChI=1S/C28H29FN8O/c1-16(2)12-22(38)32-18-13-17(14-30-15-18)19-6-7-20-23(24(19)29)26(36-35-20)27-33-21-8-9-31-28(25(21)34-27)37-10-4-3-5-11-37/h6-9,13-16H,3-5,10-12H2,1-2H3,(H,32,38)(H,33,34)(H,35,36). The number of nitrogens with one attached hydrogen (secondary N) is 3. The van der Waals surface area contributed by atoms with E-state index in [9.17, 15) is 4.79 Å². The normalized spacial score (nSPS) is 14.1. The molecule has 3 N–H and O–H groups in total. The Morgan fingerprint density at radius 2 is 1.97 bits per heavy atom. The van der Waals surface area contributed by atoms with Crippen LogP contribution >= 0.6 is 0 Å². The number of halogens is 1. The van der Waals surface area contributed by atoms with Gasteiger partial charge >= 0.3 is 0 Å². The lowest BCUT2D eigenvalue weighted by Gasteiger charge is -2.27. The average Bonchev–Trinajstić information content (AvgIpc) is 3.54. The van der Waals surface area contributed by atoms with Gasteiger partial charge in [0.1, 0.15) is 17.0 Å². The average molecular weight is 513 g/mol. The van der Waals surface area contributed by atoms with E-state index in [0.717, 1.165) is 42.8 Å². The van der Waals surface area contributed by atoms with Crippen LogP contribution in [0.5, 0.6) is 0 Å². The molecule has 10 heteroatoms. The Morgan fingerprint density at radius 1 is 1.13 bits per heavy atom. The number of pyridine rings is 2. The van der Waals surface area contributed by atoms with Gasteiger partial charge in [-0.3, -0.25) is 14.9 Å². The Kier molecular flexibility index (Phi) is 6.22. The van der Waals surface area contributed by atoms with E-state index >= 15 is 4.39 Å². The summed E-state index contributed by atoms with van der Waals surface area (Å²) in [5.74, 6) is 1.01. The number of benzene rings is 1. The molecule has 0 unspecified atom stereocenters. The van der Waals surface area contributed by atoms with Crippen molar-refractivity contribution in [1.29, 1.82) is 0 Å². The van der Waals surface area contributed by atoms with Gasteiger partial charge in [-0.2, -0.15) is 5.10 Å². The minimum atomic E-state index is -0.437. The van der Waals surface area contributed by atoms with Gasteiger partial charge < -0.3 is 15.2 Å². The van der Waals surface area contributed by atoms with Crippen molar-refractivity contribution in [2.75, 3.05) is 23.3 Å². The molecular formula is C28H29FN8O. The quantitative estimate of drug-likeness (QED) is 0.270. The van der Waals surface area contributed by atoms with E-state index in [4.69, 9.17) is 4.98 Å². The van der Waals surface area contributed by atoms with Crippen molar-refractivity contribution in [2.45, 2.75) is 39.5 Å². The third-order valence-corrected chi connectivity index (χ3v) is 6.86. The van der Waals surface area contributed by atoms with Gasteiger partial charge in [0.15, 0.2) is 11.6 Å². The highest BCUT2D eigenvalue weighted by atomic mass is 19.1. The molecule has 0 aliphatic carbocycles. The molecule has 1 amide bonds. The fraction of sp³-hybridized carbons (Fsp3) is 0.321. The SMILES string of the molecule is CC(C)CC(=O)Nc1cncc(-c2ccc3[nH]nc(-c4nc5c(N6CCCCC6)nccc5[nH]4)c3c2F)c1. The molecule has 9 nitrogen and oxygen atoms in total. The van der Waals surface area contributed by atoms with E-state index < -0.39 is 5.82 Å². The molecular weight excluding hydrogens is 483 g/mol. The molecule has 5 heterocycles. The summed E-state index contributed by atoms with van der Waals surface area (Å²) >= 11 is 0. The lowest BCUT2D eigenvalue weighted by atomic mass is 10.0. The molecule has 1 fully saturated rings. The molecule has 1 aromatic carbocycles. The highest BCUT2D eigenvalue weighted by molar-refractivity contribution is 5.98. The molecule has 1 aliphatic rings. The van der Waals surface area contributed by atoms with Gasteiger partial charge in [0.05, 0.1) is 28.3 Å². The van der Waals surface area contributed by atoms with E-state index in [2.05, 4.69) is 35.4 Å². The van der Waals surface area contributed by atoms with Gasteiger partial charge in [-0.05, 0) is 49.4 Å². The van der Waals surface area contributed by atoms with E-state index in [1.54, 1.807) is 36.8 Å². The maximum Gasteiger partial charge on any atom is 0.224 e. The van der Waals surface area contributed by atoms with Crippen LogP contribution in [0.2, 0.25) is 0 Å². The van der Waals surface area contributed by atoms with E-state index in [1.807, 2.05) is 19.9 Å². The second-order valence-electron chi connectivity index (χ2n) is 10.2. The van der Waals surface area contributed by atoms with E-state index in [-0.39, 0.29) is 11.8 Å². The van der Waals surface area contributed by atoms with Crippen LogP contribution in [0, 0.1) is 11.7 Å². The Hall–Kier alpha value is -4.34. The zero-order chi connectivity index (χ0) is 26.2. The van der Waals surface area contributed by atoms with Crippen LogP contribution in [0.3, 0.4) is 0 Å². The summed E-state index contributed by atoms with van der Waals surface area (Å²) in [6, 6.07) is 7.08. The summed E-state index contributed by atoms with van der Waals surface area (Å²) < 4.78 is 16.1. The topological polar surface area (TPSA) is 115 Å². The minimum absolute atomic E-state index is 0.102. The van der Waals surface area contributed by atoms with Crippen LogP contribution in [0.4, 0.5) is 15.9 Å². The number of hydrogen-bond acceptors (Lipinski definition) is 6. The smallest absolute Gasteiger partial charge is 0.224 e. The predicted molar refractivity (Wildman–Crippen MR) is 146 cm³/mol. The summed E-state index contributed by atoms with van der Waals surface area (Å²) in [6.07, 6.45) is 8.80. The molecule has 5 aromatic rings. The number of carbonyl (C=O) groups is 1. The summed E-state index contributed by atoms with van der Waals surface area (Å²) in [6.45, 7) is 5.86. The summed E-state index contributed by atoms with van der Waals surface area (Å²) in [4.78, 5) is 31.5. The van der Waals surface area contributed by atoms with Crippen LogP contribution in [-0.4, -0.2) is 49.1 Å². The predicted octanol–water partition coefficient (Wildman–Crippen LogP) is 5.68. The Labute approximate surface area is 218 Å². The summed E-state index contributed by atoms with van der Waals surface area (Å²) in [5, 5.41) is 10.5. The fourth-order valence-electron chi connectivity index (χ4n) is 5.08. The summed E-state index contributed by atoms with van der Waals surface area (Å²) in [5.41, 5.74) is 3.98. The Balaban J connectivity index is 1.39. The number of carbonyl (C=O) groups excluding carboxylic acids is 1. The van der Waals surface area contributed by atoms with Gasteiger partial charge in [-0.15, -0.1) is 0 Å². The van der Waals surface area contributed by atoms with Crippen molar-refractivity contribution in [3.8, 4) is 22.6 Å². The highest BCUT2D eigenvalue weighted by Gasteiger charge is 2.22. The lowest BCUT2D eigenvalue weighted by Crippen LogP contribution is -2.30. The van der Waals surface area contributed by atoms with Gasteiger partial charge in [0.2, 0.25) is 5.91 Å². The van der Waals surface area contributed by atoms with E-state index in [1.165, 1.54) is 6.42 Å². The van der Waals surface area contributed by atoms with Crippen molar-refractivity contribution in [1.82, 2.24) is 30.1 Å². The molecule has 0 radical (unpaired) electrons. The largest absolute Gasteiger partial charge is 0.355 e. The fourth-order valence-corrected chi connectivity index (χ4v) is 5.08. The molecule has 38 heavy (non-hydrogen) atoms. The third kappa shape index (κ3) is 4.46. The number of anilines is 2. The molecule has 0 spiro atoms. The van der Waals surface area contributed by atoms with E-state index in [0.29, 0.717) is 45.7 Å². The molecule has 6 rings (SSSR count). The number of aromatic amines is 2. The molecule has 0 atom stereocenters. The number of H-pyrrole nitrogens is 2. The zero-order valence-corrected chi connectivity index (χ0v) is 21.4. The first-order chi connectivity index (χ1) is 18.5. The molecule has 1 saturated heterocycles. The van der Waals surface area contributed by atoms with Crippen molar-refractivity contribution in [3.05, 3.63) is 48.7 Å². The molecule has 1 aliphatic heterocycles. The third-order valence-electron chi connectivity index (χ3n) is 6.86. The second kappa shape index (κ2) is 9.85. The number of piperidine rings is 1. The van der Waals surface area contributed by atoms with Crippen LogP contribution < -0.4 is 10.2 Å². The molecule has 0 saturated carbocycles. The first-order valence-corrected chi connectivity index (χ1v) is 13.0. The van der Waals surface area contributed by atoms with Crippen LogP contribution in [-0.2, 0) is 4.79 Å². The maximum atomic E-state index is 16.1.